The van der Waals surface area contributed by atoms with Crippen LogP contribution in [0.1, 0.15) is 26.2 Å². The minimum atomic E-state index is 0. The highest BCUT2D eigenvalue weighted by molar-refractivity contribution is 7.99. The third-order valence-electron chi connectivity index (χ3n) is 5.32. The summed E-state index contributed by atoms with van der Waals surface area (Å²) in [4.78, 5) is 13.6. The second-order valence-corrected chi connectivity index (χ2v) is 8.24. The molecule has 25 heavy (non-hydrogen) atoms. The number of para-hydroxylation sites is 1. The molecular formula is C19H29ClN2O2S. The van der Waals surface area contributed by atoms with Gasteiger partial charge in [-0.15, -0.1) is 24.2 Å². The van der Waals surface area contributed by atoms with Crippen molar-refractivity contribution in [1.82, 2.24) is 10.6 Å². The van der Waals surface area contributed by atoms with E-state index < -0.39 is 0 Å². The van der Waals surface area contributed by atoms with Crippen LogP contribution in [-0.2, 0) is 4.79 Å². The molecule has 1 heterocycles. The van der Waals surface area contributed by atoms with E-state index in [1.54, 1.807) is 18.9 Å². The molecule has 0 radical (unpaired) electrons. The van der Waals surface area contributed by atoms with Gasteiger partial charge in [-0.3, -0.25) is 4.79 Å². The molecular weight excluding hydrogens is 356 g/mol. The van der Waals surface area contributed by atoms with E-state index in [9.17, 15) is 4.79 Å². The maximum atomic E-state index is 12.4. The summed E-state index contributed by atoms with van der Waals surface area (Å²) in [5.74, 6) is 2.86. The first kappa shape index (κ1) is 20.4. The van der Waals surface area contributed by atoms with Gasteiger partial charge in [0.2, 0.25) is 5.91 Å². The van der Waals surface area contributed by atoms with Gasteiger partial charge in [0.1, 0.15) is 5.75 Å². The normalized spacial score (nSPS) is 21.9. The molecule has 2 unspecified atom stereocenters. The Balaban J connectivity index is 0.00000225. The molecule has 3 rings (SSSR count). The lowest BCUT2D eigenvalue weighted by Gasteiger charge is -2.23. The molecule has 2 N–H and O–H groups in total. The Morgan fingerprint density at radius 2 is 2.12 bits per heavy atom. The molecule has 6 heteroatoms. The maximum absolute atomic E-state index is 12.4. The first-order chi connectivity index (χ1) is 11.6. The van der Waals surface area contributed by atoms with Crippen LogP contribution >= 0.6 is 24.2 Å². The van der Waals surface area contributed by atoms with E-state index >= 15 is 0 Å². The smallest absolute Gasteiger partial charge is 0.223 e. The number of carbonyl (C=O) groups excluding carboxylic acids is 1. The molecule has 0 bridgehead atoms. The zero-order chi connectivity index (χ0) is 17.0. The van der Waals surface area contributed by atoms with Crippen LogP contribution in [0, 0.1) is 17.3 Å². The van der Waals surface area contributed by atoms with Gasteiger partial charge < -0.3 is 15.4 Å². The Kier molecular flexibility index (Phi) is 7.47. The molecule has 1 aromatic rings. The fraction of sp³-hybridized carbons (Fsp3) is 0.632. The van der Waals surface area contributed by atoms with Crippen molar-refractivity contribution in [3.63, 3.8) is 0 Å². The molecule has 1 aliphatic heterocycles. The first-order valence-electron chi connectivity index (χ1n) is 8.89. The average Bonchev–Trinajstić information content (AvgIpc) is 3.31. The second kappa shape index (κ2) is 9.15. The van der Waals surface area contributed by atoms with E-state index in [1.807, 2.05) is 18.2 Å². The second-order valence-electron chi connectivity index (χ2n) is 7.18. The van der Waals surface area contributed by atoms with Crippen LogP contribution in [0.3, 0.4) is 0 Å². The number of hydrogen-bond donors (Lipinski definition) is 2. The minimum absolute atomic E-state index is 0. The van der Waals surface area contributed by atoms with Gasteiger partial charge in [-0.05, 0) is 55.8 Å². The summed E-state index contributed by atoms with van der Waals surface area (Å²) >= 11 is 1.79. The summed E-state index contributed by atoms with van der Waals surface area (Å²) in [7, 11) is 1.70. The zero-order valence-electron chi connectivity index (χ0n) is 15.0. The molecule has 2 fully saturated rings. The SMILES string of the molecule is COc1ccccc1SCC(C)CNC(=O)C1CC12CCNCC2.Cl. The van der Waals surface area contributed by atoms with Crippen molar-refractivity contribution in [2.45, 2.75) is 31.1 Å². The van der Waals surface area contributed by atoms with Gasteiger partial charge in [0.25, 0.3) is 0 Å². The summed E-state index contributed by atoms with van der Waals surface area (Å²) in [6, 6.07) is 8.09. The Labute approximate surface area is 161 Å². The van der Waals surface area contributed by atoms with Crippen molar-refractivity contribution in [2.75, 3.05) is 32.5 Å². The van der Waals surface area contributed by atoms with Gasteiger partial charge in [-0.25, -0.2) is 0 Å². The number of rotatable bonds is 7. The third kappa shape index (κ3) is 5.05. The van der Waals surface area contributed by atoms with Gasteiger partial charge in [0.15, 0.2) is 0 Å². The number of carbonyl (C=O) groups is 1. The highest BCUT2D eigenvalue weighted by Gasteiger charge is 2.57. The highest BCUT2D eigenvalue weighted by atomic mass is 35.5. The highest BCUT2D eigenvalue weighted by Crippen LogP contribution is 2.58. The molecule has 1 amide bonds. The van der Waals surface area contributed by atoms with Crippen LogP contribution in [0.2, 0.25) is 0 Å². The molecule has 140 valence electrons. The van der Waals surface area contributed by atoms with Gasteiger partial charge in [0, 0.05) is 23.1 Å². The molecule has 1 aliphatic carbocycles. The van der Waals surface area contributed by atoms with E-state index in [0.717, 1.165) is 55.3 Å². The predicted octanol–water partition coefficient (Wildman–Crippen LogP) is 3.35. The summed E-state index contributed by atoms with van der Waals surface area (Å²) in [6.45, 7) is 5.08. The summed E-state index contributed by atoms with van der Waals surface area (Å²) in [5, 5.41) is 6.56. The Morgan fingerprint density at radius 1 is 1.40 bits per heavy atom. The average molecular weight is 385 g/mol. The third-order valence-corrected chi connectivity index (χ3v) is 6.71. The van der Waals surface area contributed by atoms with E-state index in [0.29, 0.717) is 11.3 Å². The molecule has 4 nitrogen and oxygen atoms in total. The molecule has 1 spiro atoms. The van der Waals surface area contributed by atoms with Gasteiger partial charge in [-0.2, -0.15) is 0 Å². The number of benzene rings is 1. The Morgan fingerprint density at radius 3 is 2.84 bits per heavy atom. The van der Waals surface area contributed by atoms with Crippen molar-refractivity contribution >= 4 is 30.1 Å². The number of halogens is 1. The largest absolute Gasteiger partial charge is 0.496 e. The number of piperidine rings is 1. The van der Waals surface area contributed by atoms with Crippen molar-refractivity contribution in [2.24, 2.45) is 17.3 Å². The van der Waals surface area contributed by atoms with Crippen LogP contribution in [0.15, 0.2) is 29.2 Å². The Bertz CT molecular complexity index is 578. The van der Waals surface area contributed by atoms with Crippen molar-refractivity contribution < 1.29 is 9.53 Å². The predicted molar refractivity (Wildman–Crippen MR) is 106 cm³/mol. The molecule has 1 saturated heterocycles. The van der Waals surface area contributed by atoms with Crippen LogP contribution in [0.25, 0.3) is 0 Å². The summed E-state index contributed by atoms with van der Waals surface area (Å²) in [6.07, 6.45) is 3.40. The van der Waals surface area contributed by atoms with E-state index in [4.69, 9.17) is 4.74 Å². The number of methoxy groups -OCH3 is 1. The number of ether oxygens (including phenoxy) is 1. The number of amides is 1. The minimum Gasteiger partial charge on any atom is -0.496 e. The molecule has 1 saturated carbocycles. The molecule has 0 aromatic heterocycles. The monoisotopic (exact) mass is 384 g/mol. The lowest BCUT2D eigenvalue weighted by atomic mass is 9.92. The fourth-order valence-corrected chi connectivity index (χ4v) is 4.67. The summed E-state index contributed by atoms with van der Waals surface area (Å²) < 4.78 is 5.38. The van der Waals surface area contributed by atoms with Gasteiger partial charge in [-0.1, -0.05) is 19.1 Å². The Hall–Kier alpha value is -0.910. The van der Waals surface area contributed by atoms with E-state index in [-0.39, 0.29) is 24.2 Å². The van der Waals surface area contributed by atoms with Crippen LogP contribution in [0.4, 0.5) is 0 Å². The van der Waals surface area contributed by atoms with Crippen molar-refractivity contribution in [3.8, 4) is 5.75 Å². The first-order valence-corrected chi connectivity index (χ1v) is 9.87. The van der Waals surface area contributed by atoms with Crippen LogP contribution < -0.4 is 15.4 Å². The molecule has 2 aliphatic rings. The standard InChI is InChI=1S/C19H28N2O2S.ClH/c1-14(13-24-17-6-4-3-5-16(17)23-2)12-21-18(22)15-11-19(15)7-9-20-10-8-19;/h3-6,14-15,20H,7-13H2,1-2H3,(H,21,22);1H. The van der Waals surface area contributed by atoms with Crippen LogP contribution in [0.5, 0.6) is 5.75 Å². The van der Waals surface area contributed by atoms with Gasteiger partial charge >= 0.3 is 0 Å². The lowest BCUT2D eigenvalue weighted by molar-refractivity contribution is -0.123. The van der Waals surface area contributed by atoms with Gasteiger partial charge in [0.05, 0.1) is 7.11 Å². The van der Waals surface area contributed by atoms with Crippen LogP contribution in [-0.4, -0.2) is 38.4 Å². The molecule has 2 atom stereocenters. The summed E-state index contributed by atoms with van der Waals surface area (Å²) in [5.41, 5.74) is 0.324. The topological polar surface area (TPSA) is 50.4 Å². The quantitative estimate of drug-likeness (QED) is 0.708. The number of nitrogens with one attached hydrogen (secondary N) is 2. The zero-order valence-corrected chi connectivity index (χ0v) is 16.7. The van der Waals surface area contributed by atoms with E-state index in [2.05, 4.69) is 23.6 Å². The van der Waals surface area contributed by atoms with Crippen molar-refractivity contribution in [1.29, 1.82) is 0 Å². The lowest BCUT2D eigenvalue weighted by Crippen LogP contribution is -2.35. The maximum Gasteiger partial charge on any atom is 0.223 e. The van der Waals surface area contributed by atoms with E-state index in [1.165, 1.54) is 0 Å². The molecule has 1 aromatic carbocycles. The number of thioether (sulfide) groups is 1. The number of hydrogen-bond acceptors (Lipinski definition) is 4. The van der Waals surface area contributed by atoms with Crippen molar-refractivity contribution in [3.05, 3.63) is 24.3 Å². The fourth-order valence-electron chi connectivity index (χ4n) is 3.62.